The van der Waals surface area contributed by atoms with E-state index in [-0.39, 0.29) is 23.5 Å². The zero-order chi connectivity index (χ0) is 17.2. The topological polar surface area (TPSA) is 55.4 Å². The van der Waals surface area contributed by atoms with Crippen molar-refractivity contribution in [2.24, 2.45) is 17.8 Å². The van der Waals surface area contributed by atoms with Crippen LogP contribution in [0.5, 0.6) is 5.75 Å². The number of rotatable bonds is 2. The fourth-order valence-electron chi connectivity index (χ4n) is 5.65. The molecule has 4 nitrogen and oxygen atoms in total. The number of carbonyl (C=O) groups is 2. The Balaban J connectivity index is 1.36. The summed E-state index contributed by atoms with van der Waals surface area (Å²) < 4.78 is 6.41. The number of ketones is 1. The quantitative estimate of drug-likeness (QED) is 0.898. The van der Waals surface area contributed by atoms with Gasteiger partial charge in [-0.05, 0) is 50.7 Å². The molecule has 0 saturated heterocycles. The average Bonchev–Trinajstić information content (AvgIpc) is 2.91. The number of benzene rings is 1. The van der Waals surface area contributed by atoms with Crippen LogP contribution in [-0.4, -0.2) is 23.3 Å². The predicted molar refractivity (Wildman–Crippen MR) is 93.6 cm³/mol. The zero-order valence-corrected chi connectivity index (χ0v) is 14.7. The molecule has 0 aromatic heterocycles. The zero-order valence-electron chi connectivity index (χ0n) is 14.7. The first-order valence-electron chi connectivity index (χ1n) is 9.71. The molecule has 1 aliphatic heterocycles. The van der Waals surface area contributed by atoms with Crippen molar-refractivity contribution in [3.63, 3.8) is 0 Å². The van der Waals surface area contributed by atoms with Crippen LogP contribution in [0.2, 0.25) is 0 Å². The molecule has 3 aliphatic carbocycles. The second-order valence-corrected chi connectivity index (χ2v) is 8.51. The Labute approximate surface area is 148 Å². The Morgan fingerprint density at radius 3 is 2.84 bits per heavy atom. The summed E-state index contributed by atoms with van der Waals surface area (Å²) in [6.07, 6.45) is 7.00. The molecule has 3 saturated carbocycles. The highest BCUT2D eigenvalue weighted by atomic mass is 16.5. The van der Waals surface area contributed by atoms with Gasteiger partial charge in [0.15, 0.2) is 5.78 Å². The Bertz CT molecular complexity index is 752. The van der Waals surface area contributed by atoms with Crippen LogP contribution < -0.4 is 10.1 Å². The van der Waals surface area contributed by atoms with Crippen LogP contribution in [0.15, 0.2) is 18.2 Å². The van der Waals surface area contributed by atoms with E-state index in [2.05, 4.69) is 5.32 Å². The maximum atomic E-state index is 12.7. The van der Waals surface area contributed by atoms with Crippen molar-refractivity contribution in [3.05, 3.63) is 29.3 Å². The van der Waals surface area contributed by atoms with Crippen LogP contribution in [0.1, 0.15) is 60.9 Å². The highest BCUT2D eigenvalue weighted by Crippen LogP contribution is 2.65. The summed E-state index contributed by atoms with van der Waals surface area (Å²) in [5.74, 6) is 1.76. The second kappa shape index (κ2) is 5.33. The van der Waals surface area contributed by atoms with Crippen molar-refractivity contribution in [2.75, 3.05) is 0 Å². The molecule has 1 spiro atoms. The van der Waals surface area contributed by atoms with Crippen LogP contribution in [-0.2, 0) is 4.79 Å². The lowest BCUT2D eigenvalue weighted by molar-refractivity contribution is -0.124. The molecule has 1 N–H and O–H groups in total. The van der Waals surface area contributed by atoms with E-state index in [1.54, 1.807) is 0 Å². The van der Waals surface area contributed by atoms with Crippen molar-refractivity contribution in [2.45, 2.75) is 63.5 Å². The summed E-state index contributed by atoms with van der Waals surface area (Å²) in [5, 5.41) is 3.25. The molecule has 4 aliphatic rings. The van der Waals surface area contributed by atoms with Gasteiger partial charge in [-0.2, -0.15) is 0 Å². The number of amides is 1. The van der Waals surface area contributed by atoms with E-state index in [4.69, 9.17) is 4.74 Å². The molecule has 1 heterocycles. The van der Waals surface area contributed by atoms with Gasteiger partial charge in [0.25, 0.3) is 0 Å². The summed E-state index contributed by atoms with van der Waals surface area (Å²) >= 11 is 0. The van der Waals surface area contributed by atoms with Crippen molar-refractivity contribution in [1.82, 2.24) is 5.32 Å². The van der Waals surface area contributed by atoms with E-state index in [1.807, 2.05) is 25.1 Å². The van der Waals surface area contributed by atoms with Gasteiger partial charge < -0.3 is 10.1 Å². The fourth-order valence-corrected chi connectivity index (χ4v) is 5.65. The second-order valence-electron chi connectivity index (χ2n) is 8.51. The largest absolute Gasteiger partial charge is 0.486 e. The molecule has 0 bridgehead atoms. The molecule has 4 heteroatoms. The molecular formula is C21H25NO3. The summed E-state index contributed by atoms with van der Waals surface area (Å²) in [5.41, 5.74) is 1.35. The number of Topliss-reactive ketones (excluding diaryl/α,β-unsaturated/α-hetero) is 1. The Kier molecular flexibility index (Phi) is 3.28. The maximum Gasteiger partial charge on any atom is 0.224 e. The van der Waals surface area contributed by atoms with E-state index in [0.717, 1.165) is 31.2 Å². The summed E-state index contributed by atoms with van der Waals surface area (Å²) in [4.78, 5) is 25.5. The van der Waals surface area contributed by atoms with E-state index < -0.39 is 5.60 Å². The molecule has 5 rings (SSSR count). The van der Waals surface area contributed by atoms with Gasteiger partial charge >= 0.3 is 0 Å². The Morgan fingerprint density at radius 1 is 1.24 bits per heavy atom. The number of fused-ring (bicyclic) bond motifs is 3. The minimum absolute atomic E-state index is 0.0501. The summed E-state index contributed by atoms with van der Waals surface area (Å²) in [6.45, 7) is 1.99. The van der Waals surface area contributed by atoms with Gasteiger partial charge in [0.2, 0.25) is 5.91 Å². The average molecular weight is 339 g/mol. The first-order valence-corrected chi connectivity index (χ1v) is 9.71. The minimum Gasteiger partial charge on any atom is -0.486 e. The van der Waals surface area contributed by atoms with Crippen molar-refractivity contribution in [1.29, 1.82) is 0 Å². The molecule has 1 aromatic rings. The molecule has 1 aromatic carbocycles. The van der Waals surface area contributed by atoms with Crippen molar-refractivity contribution in [3.8, 4) is 5.75 Å². The van der Waals surface area contributed by atoms with Crippen LogP contribution in [0.3, 0.4) is 0 Å². The van der Waals surface area contributed by atoms with Crippen LogP contribution in [0.25, 0.3) is 0 Å². The lowest BCUT2D eigenvalue weighted by Crippen LogP contribution is -2.45. The van der Waals surface area contributed by atoms with Gasteiger partial charge in [-0.15, -0.1) is 0 Å². The van der Waals surface area contributed by atoms with E-state index in [1.165, 1.54) is 12.8 Å². The molecule has 3 fully saturated rings. The van der Waals surface area contributed by atoms with Gasteiger partial charge in [-0.1, -0.05) is 24.5 Å². The van der Waals surface area contributed by atoms with E-state index in [0.29, 0.717) is 29.7 Å². The van der Waals surface area contributed by atoms with Gasteiger partial charge in [-0.25, -0.2) is 0 Å². The van der Waals surface area contributed by atoms with Crippen molar-refractivity contribution >= 4 is 11.7 Å². The third kappa shape index (κ3) is 2.33. The summed E-state index contributed by atoms with van der Waals surface area (Å²) in [7, 11) is 0. The Hall–Kier alpha value is -1.84. The third-order valence-corrected chi connectivity index (χ3v) is 6.89. The molecule has 0 radical (unpaired) electrons. The molecule has 1 amide bonds. The molecule has 25 heavy (non-hydrogen) atoms. The molecule has 132 valence electrons. The fraction of sp³-hybridized carbons (Fsp3) is 0.619. The van der Waals surface area contributed by atoms with E-state index in [9.17, 15) is 9.59 Å². The normalized spacial score (nSPS) is 36.0. The van der Waals surface area contributed by atoms with Crippen LogP contribution in [0.4, 0.5) is 0 Å². The number of ether oxygens (including phenoxy) is 1. The molecular weight excluding hydrogens is 314 g/mol. The highest BCUT2D eigenvalue weighted by molar-refractivity contribution is 6.01. The lowest BCUT2D eigenvalue weighted by Gasteiger charge is -2.37. The predicted octanol–water partition coefficient (Wildman–Crippen LogP) is 3.41. The van der Waals surface area contributed by atoms with E-state index >= 15 is 0 Å². The number of hydrogen-bond donors (Lipinski definition) is 1. The minimum atomic E-state index is -0.443. The van der Waals surface area contributed by atoms with Gasteiger partial charge in [0.1, 0.15) is 11.4 Å². The van der Waals surface area contributed by atoms with Gasteiger partial charge in [0, 0.05) is 17.9 Å². The number of carbonyl (C=O) groups excluding carboxylic acids is 2. The SMILES string of the molecule is Cc1ccc2c(c1)C(=O)C[C@]1(CC[C@@H]3[C@H](C(=O)NC4CCCC4)[C@H]31)O2. The van der Waals surface area contributed by atoms with Crippen molar-refractivity contribution < 1.29 is 14.3 Å². The first-order chi connectivity index (χ1) is 12.1. The highest BCUT2D eigenvalue weighted by Gasteiger charge is 2.70. The summed E-state index contributed by atoms with van der Waals surface area (Å²) in [6, 6.07) is 6.21. The van der Waals surface area contributed by atoms with Crippen LogP contribution >= 0.6 is 0 Å². The monoisotopic (exact) mass is 339 g/mol. The smallest absolute Gasteiger partial charge is 0.224 e. The number of nitrogens with one attached hydrogen (secondary N) is 1. The molecule has 4 atom stereocenters. The van der Waals surface area contributed by atoms with Gasteiger partial charge in [-0.3, -0.25) is 9.59 Å². The molecule has 0 unspecified atom stereocenters. The first kappa shape index (κ1) is 15.4. The van der Waals surface area contributed by atoms with Crippen LogP contribution in [0, 0.1) is 24.7 Å². The third-order valence-electron chi connectivity index (χ3n) is 6.89. The Morgan fingerprint density at radius 2 is 2.04 bits per heavy atom. The maximum absolute atomic E-state index is 12.7. The standard InChI is InChI=1S/C21H25NO3/c1-12-6-7-17-15(10-12)16(23)11-21(25-17)9-8-14-18(19(14)21)20(24)22-13-4-2-3-5-13/h6-7,10,13-14,18-19H,2-5,8-9,11H2,1H3,(H,22,24)/t14-,18+,19+,21+/m1/s1. The lowest BCUT2D eigenvalue weighted by atomic mass is 9.84. The van der Waals surface area contributed by atoms with Gasteiger partial charge in [0.05, 0.1) is 12.0 Å². The number of aryl methyl sites for hydroxylation is 1. The number of hydrogen-bond acceptors (Lipinski definition) is 3.